The van der Waals surface area contributed by atoms with E-state index in [2.05, 4.69) is 26.1 Å². The Morgan fingerprint density at radius 3 is 2.79 bits per heavy atom. The molecule has 0 amide bonds. The lowest BCUT2D eigenvalue weighted by Gasteiger charge is -2.07. The van der Waals surface area contributed by atoms with E-state index in [1.807, 2.05) is 55.5 Å². The monoisotopic (exact) mass is 404 g/mol. The van der Waals surface area contributed by atoms with Gasteiger partial charge in [0.15, 0.2) is 5.82 Å². The molecule has 1 aromatic heterocycles. The molecular weight excluding hydrogens is 388 g/mol. The number of aryl methyl sites for hydroxylation is 1. The molecular formula is C17H17BrN4OS. The van der Waals surface area contributed by atoms with Crippen molar-refractivity contribution in [1.29, 1.82) is 0 Å². The fourth-order valence-corrected chi connectivity index (χ4v) is 3.27. The van der Waals surface area contributed by atoms with Crippen molar-refractivity contribution < 1.29 is 4.74 Å². The van der Waals surface area contributed by atoms with Gasteiger partial charge in [0.05, 0.1) is 6.61 Å². The summed E-state index contributed by atoms with van der Waals surface area (Å²) in [6.45, 7) is 2.62. The van der Waals surface area contributed by atoms with E-state index >= 15 is 0 Å². The number of thioether (sulfide) groups is 1. The predicted molar refractivity (Wildman–Crippen MR) is 101 cm³/mol. The van der Waals surface area contributed by atoms with Gasteiger partial charge in [-0.1, -0.05) is 52.0 Å². The van der Waals surface area contributed by atoms with Crippen LogP contribution in [0, 0.1) is 6.92 Å². The zero-order chi connectivity index (χ0) is 16.9. The maximum atomic E-state index is 6.11. The fraction of sp³-hybridized carbons (Fsp3) is 0.176. The summed E-state index contributed by atoms with van der Waals surface area (Å²) in [7, 11) is 0. The number of halogens is 1. The number of ether oxygens (including phenoxy) is 1. The highest BCUT2D eigenvalue weighted by molar-refractivity contribution is 9.10. The number of aromatic nitrogens is 3. The molecule has 0 spiro atoms. The van der Waals surface area contributed by atoms with Gasteiger partial charge in [0.1, 0.15) is 5.75 Å². The number of rotatable bonds is 6. The highest BCUT2D eigenvalue weighted by Gasteiger charge is 2.12. The summed E-state index contributed by atoms with van der Waals surface area (Å²) in [5.74, 6) is 8.36. The maximum absolute atomic E-state index is 6.11. The molecule has 124 valence electrons. The average Bonchev–Trinajstić information content (AvgIpc) is 2.93. The van der Waals surface area contributed by atoms with E-state index in [1.54, 1.807) is 0 Å². The van der Waals surface area contributed by atoms with Gasteiger partial charge in [-0.05, 0) is 36.8 Å². The van der Waals surface area contributed by atoms with Crippen LogP contribution in [0.25, 0.3) is 11.4 Å². The Labute approximate surface area is 153 Å². The van der Waals surface area contributed by atoms with Gasteiger partial charge in [-0.25, -0.2) is 4.68 Å². The molecule has 0 aliphatic carbocycles. The molecule has 0 saturated heterocycles. The zero-order valence-electron chi connectivity index (χ0n) is 13.1. The third-order valence-electron chi connectivity index (χ3n) is 3.32. The molecule has 0 atom stereocenters. The number of hydrogen-bond donors (Lipinski definition) is 1. The lowest BCUT2D eigenvalue weighted by molar-refractivity contribution is 0.343. The molecule has 3 aromatic rings. The van der Waals surface area contributed by atoms with Crippen LogP contribution in [-0.2, 0) is 0 Å². The van der Waals surface area contributed by atoms with E-state index in [1.165, 1.54) is 22.0 Å². The second-order valence-electron chi connectivity index (χ2n) is 5.20. The Balaban J connectivity index is 1.58. The third kappa shape index (κ3) is 4.10. The molecule has 3 rings (SSSR count). The van der Waals surface area contributed by atoms with Crippen molar-refractivity contribution in [2.75, 3.05) is 18.2 Å². The molecule has 0 aliphatic rings. The molecule has 5 nitrogen and oxygen atoms in total. The standard InChI is InChI=1S/C17H17BrN4OS/c1-12-4-2-7-15(10-12)23-8-9-24-17-21-20-16(22(17)19)13-5-3-6-14(18)11-13/h2-7,10-11H,8-9,19H2,1H3. The minimum absolute atomic E-state index is 0.577. The molecule has 2 aromatic carbocycles. The highest BCUT2D eigenvalue weighted by Crippen LogP contribution is 2.24. The van der Waals surface area contributed by atoms with Crippen molar-refractivity contribution in [3.05, 3.63) is 58.6 Å². The first-order valence-electron chi connectivity index (χ1n) is 7.42. The number of hydrogen-bond acceptors (Lipinski definition) is 5. The zero-order valence-corrected chi connectivity index (χ0v) is 15.5. The smallest absolute Gasteiger partial charge is 0.210 e. The van der Waals surface area contributed by atoms with Crippen molar-refractivity contribution in [2.24, 2.45) is 0 Å². The van der Waals surface area contributed by atoms with Gasteiger partial charge < -0.3 is 10.6 Å². The minimum Gasteiger partial charge on any atom is -0.493 e. The third-order valence-corrected chi connectivity index (χ3v) is 4.72. The Morgan fingerprint density at radius 1 is 1.17 bits per heavy atom. The summed E-state index contributed by atoms with van der Waals surface area (Å²) >= 11 is 4.97. The molecule has 0 unspecified atom stereocenters. The number of nitrogens with two attached hydrogens (primary N) is 1. The van der Waals surface area contributed by atoms with Gasteiger partial charge in [0, 0.05) is 15.8 Å². The van der Waals surface area contributed by atoms with Crippen molar-refractivity contribution in [3.8, 4) is 17.1 Å². The van der Waals surface area contributed by atoms with Crippen LogP contribution >= 0.6 is 27.7 Å². The van der Waals surface area contributed by atoms with Crippen molar-refractivity contribution in [2.45, 2.75) is 12.1 Å². The van der Waals surface area contributed by atoms with E-state index in [0.29, 0.717) is 17.6 Å². The molecule has 0 radical (unpaired) electrons. The number of nitrogen functional groups attached to an aromatic ring is 1. The predicted octanol–water partition coefficient (Wildman–Crippen LogP) is 3.90. The van der Waals surface area contributed by atoms with Crippen LogP contribution in [0.4, 0.5) is 0 Å². The van der Waals surface area contributed by atoms with Crippen LogP contribution in [0.15, 0.2) is 58.2 Å². The highest BCUT2D eigenvalue weighted by atomic mass is 79.9. The van der Waals surface area contributed by atoms with Crippen LogP contribution in [0.3, 0.4) is 0 Å². The lowest BCUT2D eigenvalue weighted by Crippen LogP contribution is -2.12. The van der Waals surface area contributed by atoms with Crippen molar-refractivity contribution in [1.82, 2.24) is 14.9 Å². The first-order chi connectivity index (χ1) is 11.6. The van der Waals surface area contributed by atoms with Crippen LogP contribution in [-0.4, -0.2) is 27.2 Å². The first kappa shape index (κ1) is 16.9. The van der Waals surface area contributed by atoms with Crippen LogP contribution in [0.1, 0.15) is 5.56 Å². The van der Waals surface area contributed by atoms with Gasteiger partial charge in [0.25, 0.3) is 0 Å². The number of benzene rings is 2. The molecule has 2 N–H and O–H groups in total. The Bertz CT molecular complexity index is 837. The molecule has 0 fully saturated rings. The van der Waals surface area contributed by atoms with Crippen LogP contribution < -0.4 is 10.6 Å². The van der Waals surface area contributed by atoms with E-state index < -0.39 is 0 Å². The normalized spacial score (nSPS) is 10.8. The van der Waals surface area contributed by atoms with Crippen LogP contribution in [0.2, 0.25) is 0 Å². The summed E-state index contributed by atoms with van der Waals surface area (Å²) in [6, 6.07) is 15.8. The molecule has 0 saturated carbocycles. The van der Waals surface area contributed by atoms with E-state index in [-0.39, 0.29) is 0 Å². The Morgan fingerprint density at radius 2 is 2.00 bits per heavy atom. The lowest BCUT2D eigenvalue weighted by atomic mass is 10.2. The van der Waals surface area contributed by atoms with Gasteiger partial charge in [-0.2, -0.15) is 0 Å². The molecule has 24 heavy (non-hydrogen) atoms. The fourth-order valence-electron chi connectivity index (χ4n) is 2.20. The summed E-state index contributed by atoms with van der Waals surface area (Å²) in [5, 5.41) is 9.01. The Hall–Kier alpha value is -1.99. The second kappa shape index (κ2) is 7.72. The van der Waals surface area contributed by atoms with E-state index in [4.69, 9.17) is 10.6 Å². The molecule has 0 bridgehead atoms. The topological polar surface area (TPSA) is 66.0 Å². The number of nitrogens with zero attached hydrogens (tertiary/aromatic N) is 3. The largest absolute Gasteiger partial charge is 0.493 e. The van der Waals surface area contributed by atoms with Crippen molar-refractivity contribution >= 4 is 27.7 Å². The summed E-state index contributed by atoms with van der Waals surface area (Å²) in [5.41, 5.74) is 2.10. The molecule has 1 heterocycles. The van der Waals surface area contributed by atoms with Crippen LogP contribution in [0.5, 0.6) is 5.75 Å². The molecule has 7 heteroatoms. The van der Waals surface area contributed by atoms with Crippen molar-refractivity contribution in [3.63, 3.8) is 0 Å². The van der Waals surface area contributed by atoms with Gasteiger partial charge in [-0.3, -0.25) is 0 Å². The average molecular weight is 405 g/mol. The van der Waals surface area contributed by atoms with E-state index in [9.17, 15) is 0 Å². The molecule has 0 aliphatic heterocycles. The van der Waals surface area contributed by atoms with Gasteiger partial charge in [0.2, 0.25) is 5.16 Å². The van der Waals surface area contributed by atoms with Gasteiger partial charge in [-0.15, -0.1) is 10.2 Å². The maximum Gasteiger partial charge on any atom is 0.210 e. The summed E-state index contributed by atoms with van der Waals surface area (Å²) in [4.78, 5) is 0. The second-order valence-corrected chi connectivity index (χ2v) is 7.18. The quantitative estimate of drug-likeness (QED) is 0.383. The van der Waals surface area contributed by atoms with E-state index in [0.717, 1.165) is 21.5 Å². The van der Waals surface area contributed by atoms with Gasteiger partial charge >= 0.3 is 0 Å². The minimum atomic E-state index is 0.577. The SMILES string of the molecule is Cc1cccc(OCCSc2nnc(-c3cccc(Br)c3)n2N)c1. The first-order valence-corrected chi connectivity index (χ1v) is 9.20. The summed E-state index contributed by atoms with van der Waals surface area (Å²) in [6.07, 6.45) is 0. The Kier molecular flexibility index (Phi) is 5.42. The summed E-state index contributed by atoms with van der Waals surface area (Å²) < 4.78 is 8.22.